The highest BCUT2D eigenvalue weighted by atomic mass is 35.5. The van der Waals surface area contributed by atoms with Gasteiger partial charge in [0.05, 0.1) is 17.1 Å². The zero-order valence-corrected chi connectivity index (χ0v) is 13.5. The summed E-state index contributed by atoms with van der Waals surface area (Å²) < 4.78 is 30.5. The molecule has 3 aromatic rings. The van der Waals surface area contributed by atoms with Crippen molar-refractivity contribution in [2.75, 3.05) is 0 Å². The van der Waals surface area contributed by atoms with Crippen molar-refractivity contribution in [2.45, 2.75) is 19.9 Å². The standard InChI is InChI=1S/C15H12ClF2N5O/c1-6(2)23-9-4-3-7(12-8(17)5-20-15(16)21-12)11(18)10(9)13(22-23)14(19)24/h3-6H,1-2H3,(H2,19,24). The molecule has 0 saturated carbocycles. The van der Waals surface area contributed by atoms with E-state index in [1.807, 2.05) is 13.8 Å². The maximum atomic E-state index is 15.0. The fraction of sp³-hybridized carbons (Fsp3) is 0.200. The maximum absolute atomic E-state index is 15.0. The van der Waals surface area contributed by atoms with Gasteiger partial charge in [-0.3, -0.25) is 9.48 Å². The van der Waals surface area contributed by atoms with Crippen LogP contribution in [0.4, 0.5) is 8.78 Å². The van der Waals surface area contributed by atoms with E-state index in [2.05, 4.69) is 15.1 Å². The van der Waals surface area contributed by atoms with Gasteiger partial charge in [-0.25, -0.2) is 18.7 Å². The molecule has 0 spiro atoms. The largest absolute Gasteiger partial charge is 0.364 e. The molecule has 0 aliphatic carbocycles. The lowest BCUT2D eigenvalue weighted by Gasteiger charge is -2.08. The summed E-state index contributed by atoms with van der Waals surface area (Å²) in [6, 6.07) is 2.75. The molecule has 0 saturated heterocycles. The summed E-state index contributed by atoms with van der Waals surface area (Å²) in [4.78, 5) is 18.9. The SMILES string of the molecule is CC(C)n1nc(C(N)=O)c2c(F)c(-c3nc(Cl)ncc3F)ccc21. The van der Waals surface area contributed by atoms with Gasteiger partial charge in [-0.05, 0) is 37.6 Å². The number of rotatable bonds is 3. The third-order valence-electron chi connectivity index (χ3n) is 3.50. The van der Waals surface area contributed by atoms with Crippen LogP contribution in [0.3, 0.4) is 0 Å². The molecular weight excluding hydrogens is 340 g/mol. The van der Waals surface area contributed by atoms with Gasteiger partial charge in [0, 0.05) is 11.6 Å². The van der Waals surface area contributed by atoms with Crippen LogP contribution >= 0.6 is 11.6 Å². The Morgan fingerprint density at radius 3 is 2.67 bits per heavy atom. The van der Waals surface area contributed by atoms with E-state index in [1.165, 1.54) is 16.8 Å². The first-order valence-electron chi connectivity index (χ1n) is 7.00. The van der Waals surface area contributed by atoms with Crippen LogP contribution in [0.2, 0.25) is 5.28 Å². The number of hydrogen-bond acceptors (Lipinski definition) is 4. The molecule has 0 fully saturated rings. The van der Waals surface area contributed by atoms with E-state index in [-0.39, 0.29) is 33.7 Å². The number of carbonyl (C=O) groups is 1. The van der Waals surface area contributed by atoms with Crippen molar-refractivity contribution in [3.8, 4) is 11.3 Å². The van der Waals surface area contributed by atoms with E-state index < -0.39 is 17.5 Å². The van der Waals surface area contributed by atoms with Gasteiger partial charge in [0.2, 0.25) is 5.28 Å². The van der Waals surface area contributed by atoms with E-state index in [4.69, 9.17) is 17.3 Å². The second-order valence-corrected chi connectivity index (χ2v) is 5.75. The first-order chi connectivity index (χ1) is 11.3. The lowest BCUT2D eigenvalue weighted by atomic mass is 10.1. The van der Waals surface area contributed by atoms with Gasteiger partial charge in [-0.15, -0.1) is 0 Å². The van der Waals surface area contributed by atoms with Gasteiger partial charge in [0.25, 0.3) is 5.91 Å². The van der Waals surface area contributed by atoms with Gasteiger partial charge in [0.1, 0.15) is 11.5 Å². The van der Waals surface area contributed by atoms with Crippen molar-refractivity contribution in [3.63, 3.8) is 0 Å². The van der Waals surface area contributed by atoms with Crippen LogP contribution in [0.5, 0.6) is 0 Å². The van der Waals surface area contributed by atoms with E-state index in [0.29, 0.717) is 5.52 Å². The molecule has 2 aromatic heterocycles. The summed E-state index contributed by atoms with van der Waals surface area (Å²) in [5, 5.41) is 3.77. The molecule has 0 aliphatic rings. The highest BCUT2D eigenvalue weighted by Crippen LogP contribution is 2.32. The Morgan fingerprint density at radius 1 is 1.33 bits per heavy atom. The summed E-state index contributed by atoms with van der Waals surface area (Å²) in [6.07, 6.45) is 0.848. The molecule has 0 radical (unpaired) electrons. The quantitative estimate of drug-likeness (QED) is 0.734. The minimum atomic E-state index is -0.878. The molecule has 3 rings (SSSR count). The van der Waals surface area contributed by atoms with Crippen LogP contribution in [-0.4, -0.2) is 25.7 Å². The summed E-state index contributed by atoms with van der Waals surface area (Å²) in [5.41, 5.74) is 4.99. The Morgan fingerprint density at radius 2 is 2.04 bits per heavy atom. The molecule has 0 atom stereocenters. The third kappa shape index (κ3) is 2.48. The molecule has 2 N–H and O–H groups in total. The minimum absolute atomic E-state index is 0.0807. The molecule has 0 aliphatic heterocycles. The van der Waals surface area contributed by atoms with Crippen LogP contribution in [0.15, 0.2) is 18.3 Å². The van der Waals surface area contributed by atoms with Gasteiger partial charge >= 0.3 is 0 Å². The average molecular weight is 352 g/mol. The zero-order chi connectivity index (χ0) is 17.6. The zero-order valence-electron chi connectivity index (χ0n) is 12.7. The van der Waals surface area contributed by atoms with Crippen LogP contribution in [0.25, 0.3) is 22.2 Å². The van der Waals surface area contributed by atoms with E-state index in [0.717, 1.165) is 6.20 Å². The Balaban J connectivity index is 2.37. The molecule has 124 valence electrons. The molecule has 9 heteroatoms. The van der Waals surface area contributed by atoms with Crippen LogP contribution in [-0.2, 0) is 0 Å². The number of hydrogen-bond donors (Lipinski definition) is 1. The molecule has 0 unspecified atom stereocenters. The molecule has 1 amide bonds. The number of amides is 1. The molecular formula is C15H12ClF2N5O. The van der Waals surface area contributed by atoms with Gasteiger partial charge < -0.3 is 5.73 Å². The van der Waals surface area contributed by atoms with Gasteiger partial charge in [-0.2, -0.15) is 5.10 Å². The highest BCUT2D eigenvalue weighted by molar-refractivity contribution is 6.28. The van der Waals surface area contributed by atoms with Crippen LogP contribution < -0.4 is 5.73 Å². The summed E-state index contributed by atoms with van der Waals surface area (Å²) >= 11 is 5.66. The van der Waals surface area contributed by atoms with Crippen molar-refractivity contribution in [2.24, 2.45) is 5.73 Å². The molecule has 0 bridgehead atoms. The lowest BCUT2D eigenvalue weighted by Crippen LogP contribution is -2.13. The van der Waals surface area contributed by atoms with Crippen molar-refractivity contribution in [1.82, 2.24) is 19.7 Å². The summed E-state index contributed by atoms with van der Waals surface area (Å²) in [5.74, 6) is -2.56. The van der Waals surface area contributed by atoms with Crippen LogP contribution in [0.1, 0.15) is 30.4 Å². The van der Waals surface area contributed by atoms with Crippen molar-refractivity contribution >= 4 is 28.4 Å². The Bertz CT molecular complexity index is 970. The van der Waals surface area contributed by atoms with E-state index >= 15 is 4.39 Å². The number of fused-ring (bicyclic) bond motifs is 1. The van der Waals surface area contributed by atoms with Crippen molar-refractivity contribution in [1.29, 1.82) is 0 Å². The highest BCUT2D eigenvalue weighted by Gasteiger charge is 2.24. The average Bonchev–Trinajstić information content (AvgIpc) is 2.91. The first-order valence-corrected chi connectivity index (χ1v) is 7.38. The predicted octanol–water partition coefficient (Wildman–Crippen LogP) is 3.10. The topological polar surface area (TPSA) is 86.7 Å². The Hall–Kier alpha value is -2.61. The molecule has 2 heterocycles. The van der Waals surface area contributed by atoms with E-state index in [1.54, 1.807) is 0 Å². The monoisotopic (exact) mass is 351 g/mol. The minimum Gasteiger partial charge on any atom is -0.364 e. The van der Waals surface area contributed by atoms with Crippen LogP contribution in [0, 0.1) is 11.6 Å². The fourth-order valence-corrected chi connectivity index (χ4v) is 2.61. The molecule has 6 nitrogen and oxygen atoms in total. The first kappa shape index (κ1) is 16.3. The second kappa shape index (κ2) is 5.79. The number of primary amides is 1. The number of carbonyl (C=O) groups excluding carboxylic acids is 1. The number of nitrogens with zero attached hydrogens (tertiary/aromatic N) is 4. The smallest absolute Gasteiger partial charge is 0.269 e. The van der Waals surface area contributed by atoms with E-state index in [9.17, 15) is 9.18 Å². The summed E-state index contributed by atoms with van der Waals surface area (Å²) in [6.45, 7) is 3.65. The summed E-state index contributed by atoms with van der Waals surface area (Å²) in [7, 11) is 0. The maximum Gasteiger partial charge on any atom is 0.269 e. The normalized spacial score (nSPS) is 11.4. The number of halogens is 3. The molecule has 1 aromatic carbocycles. The van der Waals surface area contributed by atoms with Gasteiger partial charge in [0.15, 0.2) is 11.5 Å². The Kier molecular flexibility index (Phi) is 3.92. The predicted molar refractivity (Wildman–Crippen MR) is 84.6 cm³/mol. The van der Waals surface area contributed by atoms with Crippen molar-refractivity contribution in [3.05, 3.63) is 40.9 Å². The lowest BCUT2D eigenvalue weighted by molar-refractivity contribution is 0.0996. The number of benzene rings is 1. The fourth-order valence-electron chi connectivity index (χ4n) is 2.48. The molecule has 24 heavy (non-hydrogen) atoms. The van der Waals surface area contributed by atoms with Gasteiger partial charge in [-0.1, -0.05) is 0 Å². The third-order valence-corrected chi connectivity index (χ3v) is 3.69. The number of aromatic nitrogens is 4. The van der Waals surface area contributed by atoms with Crippen molar-refractivity contribution < 1.29 is 13.6 Å². The Labute approximate surface area is 140 Å². The number of nitrogens with two attached hydrogens (primary N) is 1. The second-order valence-electron chi connectivity index (χ2n) is 5.41.